The number of rotatable bonds is 18. The fourth-order valence-electron chi connectivity index (χ4n) is 8.85. The lowest BCUT2D eigenvalue weighted by atomic mass is 9.88. The first kappa shape index (κ1) is 47.4. The summed E-state index contributed by atoms with van der Waals surface area (Å²) in [7, 11) is 0. The zero-order valence-electron chi connectivity index (χ0n) is 38.5. The van der Waals surface area contributed by atoms with E-state index in [0.29, 0.717) is 13.2 Å². The molecule has 2 heterocycles. The highest BCUT2D eigenvalue weighted by Gasteiger charge is 2.52. The van der Waals surface area contributed by atoms with Gasteiger partial charge in [-0.2, -0.15) is 0 Å². The van der Waals surface area contributed by atoms with Crippen LogP contribution in [0.4, 0.5) is 4.79 Å². The molecule has 8 rings (SSSR count). The van der Waals surface area contributed by atoms with E-state index in [1.54, 1.807) is 4.90 Å². The van der Waals surface area contributed by atoms with Gasteiger partial charge in [0.2, 0.25) is 0 Å². The summed E-state index contributed by atoms with van der Waals surface area (Å²) in [5, 5.41) is 0. The molecule has 0 aliphatic carbocycles. The maximum Gasteiger partial charge on any atom is 0.411 e. The van der Waals surface area contributed by atoms with Crippen molar-refractivity contribution in [1.29, 1.82) is 0 Å². The van der Waals surface area contributed by atoms with Gasteiger partial charge in [0.1, 0.15) is 42.1 Å². The molecular formula is C57H61NO9. The van der Waals surface area contributed by atoms with Gasteiger partial charge in [0.05, 0.1) is 39.1 Å². The minimum atomic E-state index is -1.04. The van der Waals surface area contributed by atoms with E-state index in [-0.39, 0.29) is 32.7 Å². The molecule has 2 fully saturated rings. The van der Waals surface area contributed by atoms with Crippen LogP contribution in [0.2, 0.25) is 0 Å². The zero-order chi connectivity index (χ0) is 46.4. The SMILES string of the molecule is CC(C)(C)OC(=O)N1[C@@H](CC[C@H]2O[C@H](COCc3ccccc3)[C@@H](OCc3ccccc3)[C@H](OCc3ccccc3)[C@H]2OCc2ccccc2)C(=O)O[C@H](c2ccccc2)[C@@H]1c1ccccc1. The van der Waals surface area contributed by atoms with Crippen LogP contribution in [0.15, 0.2) is 182 Å². The van der Waals surface area contributed by atoms with Crippen LogP contribution in [0, 0.1) is 0 Å². The second-order valence-electron chi connectivity index (χ2n) is 18.1. The largest absolute Gasteiger partial charge is 0.453 e. The molecule has 6 aromatic carbocycles. The molecule has 2 saturated heterocycles. The standard InChI is InChI=1S/C57H61NO9/c1-57(2,3)67-56(60)58-47(55(59)66-51(46-32-20-9-21-33-46)50(58)45-30-18-8-19-31-45)34-35-48-52(62-37-42-24-12-5-13-25-42)54(64-39-44-28-16-7-17-29-44)53(63-38-43-26-14-6-15-27-43)49(65-48)40-61-36-41-22-10-4-11-23-41/h4-33,47-54H,34-40H2,1-3H3/t47-,48+,49+,50-,51+,52-,53+,54+/m0/s1. The van der Waals surface area contributed by atoms with Crippen molar-refractivity contribution >= 4 is 12.1 Å². The van der Waals surface area contributed by atoms with Gasteiger partial charge in [0.15, 0.2) is 6.10 Å². The van der Waals surface area contributed by atoms with Crippen molar-refractivity contribution in [3.63, 3.8) is 0 Å². The summed E-state index contributed by atoms with van der Waals surface area (Å²) in [5.41, 5.74) is 4.71. The van der Waals surface area contributed by atoms with Crippen LogP contribution in [-0.2, 0) is 64.4 Å². The number of ether oxygens (including phenoxy) is 7. The Labute approximate surface area is 394 Å². The van der Waals surface area contributed by atoms with Crippen molar-refractivity contribution in [1.82, 2.24) is 4.90 Å². The quantitative estimate of drug-likeness (QED) is 0.0780. The molecule has 2 aliphatic heterocycles. The van der Waals surface area contributed by atoms with E-state index >= 15 is 0 Å². The van der Waals surface area contributed by atoms with Crippen LogP contribution in [0.5, 0.6) is 0 Å². The van der Waals surface area contributed by atoms with Gasteiger partial charge in [-0.25, -0.2) is 9.59 Å². The molecule has 348 valence electrons. The third-order valence-electron chi connectivity index (χ3n) is 12.0. The van der Waals surface area contributed by atoms with Crippen molar-refractivity contribution in [2.45, 2.75) is 114 Å². The van der Waals surface area contributed by atoms with Crippen molar-refractivity contribution in [3.05, 3.63) is 215 Å². The Balaban J connectivity index is 1.16. The third-order valence-corrected chi connectivity index (χ3v) is 12.0. The van der Waals surface area contributed by atoms with Crippen LogP contribution in [-0.4, -0.2) is 65.7 Å². The molecule has 0 radical (unpaired) electrons. The molecule has 0 N–H and O–H groups in total. The van der Waals surface area contributed by atoms with Crippen LogP contribution >= 0.6 is 0 Å². The van der Waals surface area contributed by atoms with Crippen LogP contribution in [0.3, 0.4) is 0 Å². The summed E-state index contributed by atoms with van der Waals surface area (Å²) in [4.78, 5) is 30.9. The van der Waals surface area contributed by atoms with Crippen LogP contribution in [0.1, 0.15) is 79.1 Å². The second-order valence-corrected chi connectivity index (χ2v) is 18.1. The fraction of sp³-hybridized carbons (Fsp3) is 0.333. The zero-order valence-corrected chi connectivity index (χ0v) is 38.5. The summed E-state index contributed by atoms with van der Waals surface area (Å²) in [5.74, 6) is -0.534. The molecule has 0 aromatic heterocycles. The molecule has 10 heteroatoms. The van der Waals surface area contributed by atoms with E-state index in [2.05, 4.69) is 0 Å². The van der Waals surface area contributed by atoms with E-state index in [4.69, 9.17) is 33.2 Å². The number of carbonyl (C=O) groups is 2. The lowest BCUT2D eigenvalue weighted by Gasteiger charge is -2.48. The smallest absolute Gasteiger partial charge is 0.411 e. The summed E-state index contributed by atoms with van der Waals surface area (Å²) in [6.45, 7) is 6.87. The number of amides is 1. The van der Waals surface area contributed by atoms with Gasteiger partial charge in [-0.3, -0.25) is 4.90 Å². The molecule has 0 bridgehead atoms. The summed E-state index contributed by atoms with van der Waals surface area (Å²) >= 11 is 0. The highest BCUT2D eigenvalue weighted by molar-refractivity contribution is 5.83. The van der Waals surface area contributed by atoms with Crippen molar-refractivity contribution in [2.75, 3.05) is 6.61 Å². The van der Waals surface area contributed by atoms with Gasteiger partial charge in [-0.1, -0.05) is 182 Å². The van der Waals surface area contributed by atoms with Gasteiger partial charge in [-0.15, -0.1) is 0 Å². The maximum atomic E-state index is 14.7. The topological polar surface area (TPSA) is 102 Å². The number of hydrogen-bond acceptors (Lipinski definition) is 9. The number of nitrogens with zero attached hydrogens (tertiary/aromatic N) is 1. The van der Waals surface area contributed by atoms with E-state index in [9.17, 15) is 9.59 Å². The normalized spacial score (nSPS) is 23.0. The predicted octanol–water partition coefficient (Wildman–Crippen LogP) is 11.2. The van der Waals surface area contributed by atoms with E-state index in [1.807, 2.05) is 203 Å². The third kappa shape index (κ3) is 12.9. The van der Waals surface area contributed by atoms with Crippen molar-refractivity contribution in [2.24, 2.45) is 0 Å². The number of benzene rings is 6. The first-order chi connectivity index (χ1) is 32.7. The van der Waals surface area contributed by atoms with Gasteiger partial charge >= 0.3 is 12.1 Å². The Kier molecular flexibility index (Phi) is 16.3. The lowest BCUT2D eigenvalue weighted by molar-refractivity contribution is -0.274. The Morgan fingerprint density at radius 1 is 0.522 bits per heavy atom. The molecule has 6 aromatic rings. The molecule has 67 heavy (non-hydrogen) atoms. The Morgan fingerprint density at radius 3 is 1.42 bits per heavy atom. The minimum Gasteiger partial charge on any atom is -0.453 e. The fourth-order valence-corrected chi connectivity index (χ4v) is 8.85. The maximum absolute atomic E-state index is 14.7. The van der Waals surface area contributed by atoms with Crippen molar-refractivity contribution < 1.29 is 42.7 Å². The molecule has 0 spiro atoms. The Bertz CT molecular complexity index is 2400. The highest BCUT2D eigenvalue weighted by Crippen LogP contribution is 2.44. The first-order valence-electron chi connectivity index (χ1n) is 23.3. The van der Waals surface area contributed by atoms with Crippen molar-refractivity contribution in [3.8, 4) is 0 Å². The predicted molar refractivity (Wildman–Crippen MR) is 255 cm³/mol. The summed E-state index contributed by atoms with van der Waals surface area (Å²) in [6.07, 6.45) is -4.21. The van der Waals surface area contributed by atoms with Crippen LogP contribution < -0.4 is 0 Å². The summed E-state index contributed by atoms with van der Waals surface area (Å²) in [6, 6.07) is 57.5. The second kappa shape index (κ2) is 23.0. The highest BCUT2D eigenvalue weighted by atomic mass is 16.6. The monoisotopic (exact) mass is 903 g/mol. The number of cyclic esters (lactones) is 1. The average molecular weight is 904 g/mol. The minimum absolute atomic E-state index is 0.164. The Morgan fingerprint density at radius 2 is 0.940 bits per heavy atom. The average Bonchev–Trinajstić information content (AvgIpc) is 3.35. The van der Waals surface area contributed by atoms with E-state index in [0.717, 1.165) is 33.4 Å². The van der Waals surface area contributed by atoms with Gasteiger partial charge in [0.25, 0.3) is 0 Å². The molecular weight excluding hydrogens is 843 g/mol. The van der Waals surface area contributed by atoms with Gasteiger partial charge in [0, 0.05) is 0 Å². The number of morpholine rings is 1. The van der Waals surface area contributed by atoms with Gasteiger partial charge < -0.3 is 33.2 Å². The van der Waals surface area contributed by atoms with Crippen LogP contribution in [0.25, 0.3) is 0 Å². The molecule has 0 saturated carbocycles. The molecule has 8 atom stereocenters. The summed E-state index contributed by atoms with van der Waals surface area (Å²) < 4.78 is 47.0. The number of esters is 1. The molecule has 2 aliphatic rings. The first-order valence-corrected chi connectivity index (χ1v) is 23.3. The van der Waals surface area contributed by atoms with E-state index in [1.165, 1.54) is 0 Å². The molecule has 0 unspecified atom stereocenters. The van der Waals surface area contributed by atoms with E-state index < -0.39 is 66.4 Å². The molecule has 1 amide bonds. The lowest BCUT2D eigenvalue weighted by Crippen LogP contribution is -2.61. The number of hydrogen-bond donors (Lipinski definition) is 0. The number of carbonyl (C=O) groups excluding carboxylic acids is 2. The van der Waals surface area contributed by atoms with Gasteiger partial charge in [-0.05, 0) is 67.0 Å². The Hall–Kier alpha value is -6.14. The molecule has 10 nitrogen and oxygen atoms in total.